The molecule has 0 saturated heterocycles. The lowest BCUT2D eigenvalue weighted by Gasteiger charge is -2.14. The van der Waals surface area contributed by atoms with Gasteiger partial charge in [0.15, 0.2) is 5.58 Å². The molecule has 0 atom stereocenters. The van der Waals surface area contributed by atoms with E-state index in [0.29, 0.717) is 5.95 Å². The summed E-state index contributed by atoms with van der Waals surface area (Å²) in [5, 5.41) is 10.3. The molecule has 11 rings (SSSR count). The van der Waals surface area contributed by atoms with Crippen LogP contribution in [0.3, 0.4) is 0 Å². The van der Waals surface area contributed by atoms with Gasteiger partial charge >= 0.3 is 0 Å². The zero-order valence-corrected chi connectivity index (χ0v) is 26.8. The number of benzene rings is 8. The first-order valence-electron chi connectivity index (χ1n) is 16.9. The van der Waals surface area contributed by atoms with Crippen LogP contribution in [-0.4, -0.2) is 14.5 Å². The number of nitrogens with zero attached hydrogens (tertiary/aromatic N) is 3. The number of para-hydroxylation sites is 3. The Kier molecular flexibility index (Phi) is 5.63. The van der Waals surface area contributed by atoms with E-state index in [4.69, 9.17) is 14.4 Å². The number of hydrogen-bond acceptors (Lipinski definition) is 3. The Morgan fingerprint density at radius 3 is 1.98 bits per heavy atom. The lowest BCUT2D eigenvalue weighted by Crippen LogP contribution is -2.03. The van der Waals surface area contributed by atoms with Gasteiger partial charge in [0.05, 0.1) is 16.7 Å². The van der Waals surface area contributed by atoms with Crippen molar-refractivity contribution in [1.82, 2.24) is 14.5 Å². The first-order valence-corrected chi connectivity index (χ1v) is 16.9. The lowest BCUT2D eigenvalue weighted by atomic mass is 9.90. The van der Waals surface area contributed by atoms with Crippen LogP contribution in [0.15, 0.2) is 168 Å². The van der Waals surface area contributed by atoms with Crippen LogP contribution in [0, 0.1) is 0 Å². The Labute approximate surface area is 286 Å². The number of furan rings is 1. The largest absolute Gasteiger partial charge is 0.454 e. The molecule has 3 heterocycles. The third-order valence-electron chi connectivity index (χ3n) is 10.2. The maximum atomic E-state index is 6.83. The summed E-state index contributed by atoms with van der Waals surface area (Å²) in [6.45, 7) is 0. The predicted octanol–water partition coefficient (Wildman–Crippen LogP) is 12.3. The van der Waals surface area contributed by atoms with E-state index in [-0.39, 0.29) is 0 Å². The molecule has 0 aliphatic rings. The minimum Gasteiger partial charge on any atom is -0.454 e. The minimum absolute atomic E-state index is 0.607. The SMILES string of the molecule is c1ccc(-c2nc(-n3c4ccccc4c4c(-c5cc6ccccc6c6ccccc56)cc5c6ccccc6oc5c43)nc3ccccc23)cc1. The van der Waals surface area contributed by atoms with E-state index >= 15 is 0 Å². The van der Waals surface area contributed by atoms with Crippen LogP contribution < -0.4 is 0 Å². The van der Waals surface area contributed by atoms with Crippen LogP contribution in [0.25, 0.3) is 105 Å². The first kappa shape index (κ1) is 27.2. The zero-order valence-electron chi connectivity index (χ0n) is 26.8. The van der Waals surface area contributed by atoms with E-state index in [2.05, 4.69) is 150 Å². The molecular weight excluding hydrogens is 611 g/mol. The normalized spacial score (nSPS) is 12.0. The second kappa shape index (κ2) is 10.4. The van der Waals surface area contributed by atoms with Gasteiger partial charge in [0.25, 0.3) is 0 Å². The van der Waals surface area contributed by atoms with Crippen molar-refractivity contribution in [2.45, 2.75) is 0 Å². The molecule has 0 amide bonds. The zero-order chi connectivity index (χ0) is 32.8. The third kappa shape index (κ3) is 3.81. The number of fused-ring (bicyclic) bond motifs is 11. The summed E-state index contributed by atoms with van der Waals surface area (Å²) in [7, 11) is 0. The molecule has 50 heavy (non-hydrogen) atoms. The van der Waals surface area contributed by atoms with E-state index in [9.17, 15) is 0 Å². The molecule has 0 aliphatic carbocycles. The van der Waals surface area contributed by atoms with Crippen LogP contribution in [-0.2, 0) is 0 Å². The van der Waals surface area contributed by atoms with Gasteiger partial charge in [-0.25, -0.2) is 9.97 Å². The van der Waals surface area contributed by atoms with Crippen LogP contribution >= 0.6 is 0 Å². The van der Waals surface area contributed by atoms with Gasteiger partial charge in [-0.1, -0.05) is 133 Å². The highest BCUT2D eigenvalue weighted by Crippen LogP contribution is 2.47. The smallest absolute Gasteiger partial charge is 0.235 e. The molecule has 232 valence electrons. The number of aromatic nitrogens is 3. The fraction of sp³-hybridized carbons (Fsp3) is 0. The maximum Gasteiger partial charge on any atom is 0.235 e. The maximum absolute atomic E-state index is 6.83. The van der Waals surface area contributed by atoms with E-state index < -0.39 is 0 Å². The molecule has 0 unspecified atom stereocenters. The third-order valence-corrected chi connectivity index (χ3v) is 10.2. The monoisotopic (exact) mass is 637 g/mol. The molecule has 0 saturated carbocycles. The molecule has 8 aromatic carbocycles. The summed E-state index contributed by atoms with van der Waals surface area (Å²) < 4.78 is 9.06. The van der Waals surface area contributed by atoms with Gasteiger partial charge in [0.1, 0.15) is 11.1 Å². The van der Waals surface area contributed by atoms with E-state index in [0.717, 1.165) is 71.5 Å². The van der Waals surface area contributed by atoms with E-state index in [1.807, 2.05) is 18.2 Å². The average Bonchev–Trinajstić information content (AvgIpc) is 3.73. The van der Waals surface area contributed by atoms with Crippen molar-refractivity contribution in [3.63, 3.8) is 0 Å². The van der Waals surface area contributed by atoms with Crippen LogP contribution in [0.4, 0.5) is 0 Å². The van der Waals surface area contributed by atoms with Crippen LogP contribution in [0.5, 0.6) is 0 Å². The standard InChI is InChI=1S/C46H27N3O/c1-2-14-28(15-3-1)43-34-21-8-11-23-39(34)47-46(48-43)49-40-24-12-9-22-35(40)42-37(27-38-33-20-10-13-25-41(33)50-45(38)44(42)49)36-26-29-16-4-5-17-30(29)31-18-6-7-19-32(31)36/h1-27H. The molecule has 0 fully saturated rings. The molecule has 0 radical (unpaired) electrons. The summed E-state index contributed by atoms with van der Waals surface area (Å²) in [6.07, 6.45) is 0. The van der Waals surface area contributed by atoms with Crippen molar-refractivity contribution >= 4 is 76.2 Å². The summed E-state index contributed by atoms with van der Waals surface area (Å²) in [4.78, 5) is 10.6. The summed E-state index contributed by atoms with van der Waals surface area (Å²) in [5.74, 6) is 0.607. The molecule has 11 aromatic rings. The second-order valence-corrected chi connectivity index (χ2v) is 12.9. The highest BCUT2D eigenvalue weighted by Gasteiger charge is 2.25. The highest BCUT2D eigenvalue weighted by atomic mass is 16.3. The molecular formula is C46H27N3O. The second-order valence-electron chi connectivity index (χ2n) is 12.9. The Balaban J connectivity index is 1.36. The molecule has 3 aromatic heterocycles. The van der Waals surface area contributed by atoms with Crippen molar-refractivity contribution < 1.29 is 4.42 Å². The Morgan fingerprint density at radius 2 is 1.12 bits per heavy atom. The van der Waals surface area contributed by atoms with E-state index in [1.165, 1.54) is 27.1 Å². The molecule has 0 N–H and O–H groups in total. The van der Waals surface area contributed by atoms with Crippen LogP contribution in [0.1, 0.15) is 0 Å². The van der Waals surface area contributed by atoms with Crippen molar-refractivity contribution in [3.8, 4) is 28.3 Å². The summed E-state index contributed by atoms with van der Waals surface area (Å²) in [6, 6.07) is 57.7. The molecule has 0 aliphatic heterocycles. The minimum atomic E-state index is 0.607. The Hall–Kier alpha value is -6.78. The number of rotatable bonds is 3. The van der Waals surface area contributed by atoms with E-state index in [1.54, 1.807) is 0 Å². The first-order chi connectivity index (χ1) is 24.8. The van der Waals surface area contributed by atoms with Gasteiger partial charge in [0, 0.05) is 32.5 Å². The number of hydrogen-bond donors (Lipinski definition) is 0. The molecule has 0 bridgehead atoms. The van der Waals surface area contributed by atoms with Crippen molar-refractivity contribution in [2.75, 3.05) is 0 Å². The van der Waals surface area contributed by atoms with Gasteiger partial charge in [-0.3, -0.25) is 4.57 Å². The van der Waals surface area contributed by atoms with Gasteiger partial charge in [0.2, 0.25) is 5.95 Å². The van der Waals surface area contributed by atoms with Crippen molar-refractivity contribution in [1.29, 1.82) is 0 Å². The van der Waals surface area contributed by atoms with Crippen molar-refractivity contribution in [2.24, 2.45) is 0 Å². The highest BCUT2D eigenvalue weighted by molar-refractivity contribution is 6.28. The van der Waals surface area contributed by atoms with Gasteiger partial charge in [-0.15, -0.1) is 0 Å². The van der Waals surface area contributed by atoms with Crippen molar-refractivity contribution in [3.05, 3.63) is 164 Å². The van der Waals surface area contributed by atoms with Gasteiger partial charge in [-0.2, -0.15) is 0 Å². The fourth-order valence-electron chi connectivity index (χ4n) is 8.01. The average molecular weight is 638 g/mol. The molecule has 0 spiro atoms. The van der Waals surface area contributed by atoms with Gasteiger partial charge < -0.3 is 4.42 Å². The topological polar surface area (TPSA) is 43.9 Å². The predicted molar refractivity (Wildman–Crippen MR) is 207 cm³/mol. The molecule has 4 nitrogen and oxygen atoms in total. The lowest BCUT2D eigenvalue weighted by molar-refractivity contribution is 0.671. The molecule has 4 heteroatoms. The summed E-state index contributed by atoms with van der Waals surface area (Å²) >= 11 is 0. The van der Waals surface area contributed by atoms with Gasteiger partial charge in [-0.05, 0) is 63.0 Å². The Bertz CT molecular complexity index is 3150. The van der Waals surface area contributed by atoms with Crippen LogP contribution in [0.2, 0.25) is 0 Å². The fourth-order valence-corrected chi connectivity index (χ4v) is 8.01. The Morgan fingerprint density at radius 1 is 0.460 bits per heavy atom. The quantitative estimate of drug-likeness (QED) is 0.181. The summed E-state index contributed by atoms with van der Waals surface area (Å²) in [5.41, 5.74) is 8.83.